The maximum Gasteiger partial charge on any atom is 0.269 e. The molecule has 1 aliphatic carbocycles. The summed E-state index contributed by atoms with van der Waals surface area (Å²) in [6.07, 6.45) is 4.86. The molecule has 1 N–H and O–H groups in total. The Morgan fingerprint density at radius 3 is 2.35 bits per heavy atom. The van der Waals surface area contributed by atoms with Gasteiger partial charge in [0.25, 0.3) is 11.4 Å². The maximum atomic E-state index is 11.1. The summed E-state index contributed by atoms with van der Waals surface area (Å²) in [6, 6.07) is 8.96. The largest absolute Gasteiger partial charge is 0.378 e. The van der Waals surface area contributed by atoms with E-state index in [4.69, 9.17) is 11.6 Å². The van der Waals surface area contributed by atoms with E-state index in [1.165, 1.54) is 18.2 Å². The molecule has 132 valence electrons. The zero-order valence-electron chi connectivity index (χ0n) is 13.5. The van der Waals surface area contributed by atoms with Crippen LogP contribution in [0.4, 0.5) is 17.1 Å². The van der Waals surface area contributed by atoms with E-state index in [1.54, 1.807) is 18.2 Å². The molecule has 8 heteroatoms. The number of hydrogen-bond donors (Lipinski definition) is 1. The fraction of sp³-hybridized carbons (Fsp3) is 0.222. The second kappa shape index (κ2) is 6.10. The van der Waals surface area contributed by atoms with Crippen molar-refractivity contribution < 1.29 is 9.85 Å². The molecule has 0 saturated carbocycles. The Balaban J connectivity index is 1.80. The Labute approximate surface area is 153 Å². The third-order valence-corrected chi connectivity index (χ3v) is 5.43. The van der Waals surface area contributed by atoms with Crippen LogP contribution in [0.1, 0.15) is 29.5 Å². The van der Waals surface area contributed by atoms with Crippen LogP contribution in [-0.2, 0) is 0 Å². The van der Waals surface area contributed by atoms with Crippen LogP contribution in [-0.4, -0.2) is 9.85 Å². The molecule has 0 bridgehead atoms. The number of non-ortho nitro benzene ring substituents is 2. The molecule has 0 radical (unpaired) electrons. The number of nitro benzene ring substituents is 2. The predicted molar refractivity (Wildman–Crippen MR) is 97.6 cm³/mol. The van der Waals surface area contributed by atoms with Crippen LogP contribution in [0.25, 0.3) is 0 Å². The molecular weight excluding hydrogens is 358 g/mol. The number of nitrogens with one attached hydrogen (secondary N) is 1. The molecule has 0 spiro atoms. The van der Waals surface area contributed by atoms with Gasteiger partial charge in [0.05, 0.1) is 15.9 Å². The molecular formula is C18H14ClN3O4. The molecule has 2 aromatic carbocycles. The Hall–Kier alpha value is -2.93. The van der Waals surface area contributed by atoms with Gasteiger partial charge in [0.2, 0.25) is 0 Å². The van der Waals surface area contributed by atoms with Crippen molar-refractivity contribution in [3.8, 4) is 0 Å². The summed E-state index contributed by atoms with van der Waals surface area (Å²) >= 11 is 6.35. The fourth-order valence-electron chi connectivity index (χ4n) is 3.89. The normalized spacial score (nSPS) is 23.0. The van der Waals surface area contributed by atoms with Crippen LogP contribution < -0.4 is 5.32 Å². The highest BCUT2D eigenvalue weighted by Gasteiger charge is 2.39. The molecule has 26 heavy (non-hydrogen) atoms. The van der Waals surface area contributed by atoms with Crippen molar-refractivity contribution in [3.63, 3.8) is 0 Å². The molecule has 0 aromatic heterocycles. The summed E-state index contributed by atoms with van der Waals surface area (Å²) in [4.78, 5) is 21.4. The minimum Gasteiger partial charge on any atom is -0.378 e. The first-order chi connectivity index (χ1) is 12.5. The van der Waals surface area contributed by atoms with Crippen LogP contribution in [0.5, 0.6) is 0 Å². The second-order valence-corrected chi connectivity index (χ2v) is 6.87. The summed E-state index contributed by atoms with van der Waals surface area (Å²) in [6.45, 7) is 0. The minimum absolute atomic E-state index is 0.00600. The van der Waals surface area contributed by atoms with Gasteiger partial charge in [-0.25, -0.2) is 0 Å². The summed E-state index contributed by atoms with van der Waals surface area (Å²) < 4.78 is 0. The summed E-state index contributed by atoms with van der Waals surface area (Å²) in [5.74, 6) is 0.0930. The Bertz CT molecular complexity index is 959. The van der Waals surface area contributed by atoms with E-state index in [0.29, 0.717) is 10.6 Å². The van der Waals surface area contributed by atoms with Crippen molar-refractivity contribution in [2.45, 2.75) is 18.4 Å². The highest BCUT2D eigenvalue weighted by atomic mass is 35.5. The SMILES string of the molecule is O=[N+]([O-])c1ccc2c(c1)C1C=CCC1C(c1cc([N+](=O)[O-])ccc1Cl)N2. The molecule has 3 unspecified atom stereocenters. The van der Waals surface area contributed by atoms with E-state index in [0.717, 1.165) is 17.7 Å². The van der Waals surface area contributed by atoms with Crippen LogP contribution in [0.2, 0.25) is 5.02 Å². The first-order valence-corrected chi connectivity index (χ1v) is 8.49. The van der Waals surface area contributed by atoms with Gasteiger partial charge in [-0.2, -0.15) is 0 Å². The van der Waals surface area contributed by atoms with Gasteiger partial charge in [-0.3, -0.25) is 20.2 Å². The Morgan fingerprint density at radius 1 is 1.00 bits per heavy atom. The molecule has 2 aromatic rings. The fourth-order valence-corrected chi connectivity index (χ4v) is 4.12. The van der Waals surface area contributed by atoms with Crippen molar-refractivity contribution in [1.29, 1.82) is 0 Å². The number of halogens is 1. The monoisotopic (exact) mass is 371 g/mol. The van der Waals surface area contributed by atoms with Gasteiger partial charge in [-0.05, 0) is 30.0 Å². The molecule has 1 heterocycles. The third kappa shape index (κ3) is 2.61. The second-order valence-electron chi connectivity index (χ2n) is 6.47. The summed E-state index contributed by atoms with van der Waals surface area (Å²) in [5, 5.41) is 26.1. The van der Waals surface area contributed by atoms with E-state index in [1.807, 2.05) is 12.2 Å². The van der Waals surface area contributed by atoms with Crippen molar-refractivity contribution in [2.75, 3.05) is 5.32 Å². The number of anilines is 1. The lowest BCUT2D eigenvalue weighted by molar-refractivity contribution is -0.385. The van der Waals surface area contributed by atoms with Crippen molar-refractivity contribution in [2.24, 2.45) is 5.92 Å². The van der Waals surface area contributed by atoms with E-state index in [-0.39, 0.29) is 29.3 Å². The zero-order valence-corrected chi connectivity index (χ0v) is 14.2. The minimum atomic E-state index is -0.440. The van der Waals surface area contributed by atoms with Gasteiger partial charge in [-0.1, -0.05) is 23.8 Å². The average molecular weight is 372 g/mol. The topological polar surface area (TPSA) is 98.3 Å². The van der Waals surface area contributed by atoms with Crippen molar-refractivity contribution >= 4 is 28.7 Å². The summed E-state index contributed by atoms with van der Waals surface area (Å²) in [5.41, 5.74) is 2.37. The van der Waals surface area contributed by atoms with Gasteiger partial charge >= 0.3 is 0 Å². The molecule has 0 fully saturated rings. The standard InChI is InChI=1S/C18H14ClN3O4/c19-16-6-4-10(21(23)24)9-15(16)18-13-3-1-2-12(13)14-8-11(22(25)26)5-7-17(14)20-18/h1-2,4-9,12-13,18,20H,3H2. The maximum absolute atomic E-state index is 11.1. The molecule has 1 aliphatic heterocycles. The van der Waals surface area contributed by atoms with Crippen LogP contribution in [0.3, 0.4) is 0 Å². The van der Waals surface area contributed by atoms with E-state index in [9.17, 15) is 20.2 Å². The smallest absolute Gasteiger partial charge is 0.269 e. The first-order valence-electron chi connectivity index (χ1n) is 8.11. The summed E-state index contributed by atoms with van der Waals surface area (Å²) in [7, 11) is 0. The van der Waals surface area contributed by atoms with Crippen molar-refractivity contribution in [1.82, 2.24) is 0 Å². The number of nitro groups is 2. The van der Waals surface area contributed by atoms with E-state index >= 15 is 0 Å². The molecule has 0 saturated heterocycles. The Morgan fingerprint density at radius 2 is 1.65 bits per heavy atom. The van der Waals surface area contributed by atoms with Crippen LogP contribution in [0.15, 0.2) is 48.6 Å². The quantitative estimate of drug-likeness (QED) is 0.466. The first kappa shape index (κ1) is 16.5. The third-order valence-electron chi connectivity index (χ3n) is 5.08. The lowest BCUT2D eigenvalue weighted by Gasteiger charge is -2.37. The highest BCUT2D eigenvalue weighted by Crippen LogP contribution is 2.51. The van der Waals surface area contributed by atoms with Crippen molar-refractivity contribution in [3.05, 3.63) is 84.9 Å². The van der Waals surface area contributed by atoms with E-state index < -0.39 is 9.85 Å². The van der Waals surface area contributed by atoms with Gasteiger partial charge in [-0.15, -0.1) is 0 Å². The van der Waals surface area contributed by atoms with Gasteiger partial charge in [0.1, 0.15) is 0 Å². The van der Waals surface area contributed by atoms with Crippen LogP contribution in [0, 0.1) is 26.1 Å². The number of rotatable bonds is 3. The number of hydrogen-bond acceptors (Lipinski definition) is 5. The lowest BCUT2D eigenvalue weighted by atomic mass is 9.77. The number of allylic oxidation sites excluding steroid dienone is 2. The zero-order chi connectivity index (χ0) is 18.4. The van der Waals surface area contributed by atoms with Crippen LogP contribution >= 0.6 is 11.6 Å². The predicted octanol–water partition coefficient (Wildman–Crippen LogP) is 4.98. The molecule has 3 atom stereocenters. The lowest BCUT2D eigenvalue weighted by Crippen LogP contribution is -2.29. The Kier molecular flexibility index (Phi) is 3.88. The molecule has 2 aliphatic rings. The van der Waals surface area contributed by atoms with Gasteiger partial charge in [0, 0.05) is 46.5 Å². The molecule has 7 nitrogen and oxygen atoms in total. The number of benzene rings is 2. The average Bonchev–Trinajstić information content (AvgIpc) is 3.11. The molecule has 4 rings (SSSR count). The van der Waals surface area contributed by atoms with Gasteiger partial charge < -0.3 is 5.32 Å². The van der Waals surface area contributed by atoms with E-state index in [2.05, 4.69) is 5.32 Å². The number of fused-ring (bicyclic) bond motifs is 3. The number of nitrogens with zero attached hydrogens (tertiary/aromatic N) is 2. The molecule has 0 amide bonds. The van der Waals surface area contributed by atoms with Gasteiger partial charge in [0.15, 0.2) is 0 Å². The highest BCUT2D eigenvalue weighted by molar-refractivity contribution is 6.31.